The van der Waals surface area contributed by atoms with Gasteiger partial charge in [-0.15, -0.1) is 0 Å². The van der Waals surface area contributed by atoms with E-state index in [1.807, 2.05) is 12.4 Å². The molecule has 1 aromatic heterocycles. The third-order valence-corrected chi connectivity index (χ3v) is 3.07. The highest BCUT2D eigenvalue weighted by atomic mass is 16.3. The van der Waals surface area contributed by atoms with E-state index in [1.54, 1.807) is 0 Å². The molecule has 3 N–H and O–H groups in total. The van der Waals surface area contributed by atoms with Crippen molar-refractivity contribution in [2.24, 2.45) is 5.92 Å². The van der Waals surface area contributed by atoms with Crippen molar-refractivity contribution >= 4 is 5.69 Å². The lowest BCUT2D eigenvalue weighted by Crippen LogP contribution is -2.27. The van der Waals surface area contributed by atoms with Crippen LogP contribution in [-0.4, -0.2) is 22.7 Å². The van der Waals surface area contributed by atoms with Crippen LogP contribution in [0, 0.1) is 5.92 Å². The molecule has 1 heterocycles. The Bertz CT molecular complexity index is 250. The Morgan fingerprint density at radius 3 is 2.71 bits per heavy atom. The van der Waals surface area contributed by atoms with Gasteiger partial charge in [-0.3, -0.25) is 0 Å². The lowest BCUT2D eigenvalue weighted by Gasteiger charge is -2.28. The molecular formula is C11H18N2O. The molecular weight excluding hydrogens is 176 g/mol. The summed E-state index contributed by atoms with van der Waals surface area (Å²) in [6.45, 7) is 0.358. The first-order valence-electron chi connectivity index (χ1n) is 5.38. The zero-order valence-corrected chi connectivity index (χ0v) is 8.37. The smallest absolute Gasteiger partial charge is 0.0519 e. The second-order valence-corrected chi connectivity index (χ2v) is 4.14. The molecule has 1 saturated carbocycles. The molecule has 78 valence electrons. The zero-order valence-electron chi connectivity index (χ0n) is 8.37. The molecule has 0 unspecified atom stereocenters. The lowest BCUT2D eigenvalue weighted by atomic mass is 9.86. The summed E-state index contributed by atoms with van der Waals surface area (Å²) in [5, 5.41) is 12.5. The Kier molecular flexibility index (Phi) is 3.09. The van der Waals surface area contributed by atoms with Crippen LogP contribution in [0.4, 0.5) is 5.69 Å². The second kappa shape index (κ2) is 4.51. The Morgan fingerprint density at radius 2 is 2.14 bits per heavy atom. The Balaban J connectivity index is 1.79. The van der Waals surface area contributed by atoms with Crippen LogP contribution in [0.5, 0.6) is 0 Å². The molecule has 0 aromatic carbocycles. The average Bonchev–Trinajstić information content (AvgIpc) is 2.72. The van der Waals surface area contributed by atoms with Crippen LogP contribution in [0.15, 0.2) is 18.5 Å². The van der Waals surface area contributed by atoms with Gasteiger partial charge in [0.25, 0.3) is 0 Å². The predicted octanol–water partition coefficient (Wildman–Crippen LogP) is 1.98. The van der Waals surface area contributed by atoms with E-state index in [4.69, 9.17) is 5.11 Å². The maximum atomic E-state index is 9.01. The van der Waals surface area contributed by atoms with Gasteiger partial charge in [-0.1, -0.05) is 0 Å². The number of aliphatic hydroxyl groups is 1. The highest BCUT2D eigenvalue weighted by Crippen LogP contribution is 2.25. The summed E-state index contributed by atoms with van der Waals surface area (Å²) < 4.78 is 0. The first kappa shape index (κ1) is 9.59. The van der Waals surface area contributed by atoms with Gasteiger partial charge in [0.2, 0.25) is 0 Å². The maximum Gasteiger partial charge on any atom is 0.0519 e. The molecule has 1 aliphatic carbocycles. The standard InChI is InChI=1S/C11H18N2O/c14-8-9-1-3-10(4-2-9)13-11-5-6-12-7-11/h5-7,9-10,12-14H,1-4,8H2. The maximum absolute atomic E-state index is 9.01. The van der Waals surface area contributed by atoms with Crippen LogP contribution >= 0.6 is 0 Å². The lowest BCUT2D eigenvalue weighted by molar-refractivity contribution is 0.186. The molecule has 1 aromatic rings. The second-order valence-electron chi connectivity index (χ2n) is 4.14. The molecule has 0 atom stereocenters. The molecule has 14 heavy (non-hydrogen) atoms. The first-order valence-corrected chi connectivity index (χ1v) is 5.38. The summed E-state index contributed by atoms with van der Waals surface area (Å²) >= 11 is 0. The summed E-state index contributed by atoms with van der Waals surface area (Å²) in [6.07, 6.45) is 8.57. The number of H-pyrrole nitrogens is 1. The SMILES string of the molecule is OCC1CCC(Nc2cc[nH]c2)CC1. The fourth-order valence-corrected chi connectivity index (χ4v) is 2.14. The third kappa shape index (κ3) is 2.29. The Hall–Kier alpha value is -0.960. The number of rotatable bonds is 3. The fraction of sp³-hybridized carbons (Fsp3) is 0.636. The number of aliphatic hydroxyl groups excluding tert-OH is 1. The van der Waals surface area contributed by atoms with Crippen LogP contribution < -0.4 is 5.32 Å². The van der Waals surface area contributed by atoms with Gasteiger partial charge in [-0.2, -0.15) is 0 Å². The van der Waals surface area contributed by atoms with E-state index < -0.39 is 0 Å². The summed E-state index contributed by atoms with van der Waals surface area (Å²) in [5.74, 6) is 0.541. The van der Waals surface area contributed by atoms with Crippen LogP contribution in [0.2, 0.25) is 0 Å². The van der Waals surface area contributed by atoms with E-state index in [1.165, 1.54) is 18.5 Å². The molecule has 0 aliphatic heterocycles. The van der Waals surface area contributed by atoms with Crippen LogP contribution in [0.3, 0.4) is 0 Å². The van der Waals surface area contributed by atoms with Crippen molar-refractivity contribution in [2.45, 2.75) is 31.7 Å². The number of aromatic nitrogens is 1. The predicted molar refractivity (Wildman–Crippen MR) is 57.2 cm³/mol. The van der Waals surface area contributed by atoms with Crippen LogP contribution in [0.1, 0.15) is 25.7 Å². The number of anilines is 1. The zero-order chi connectivity index (χ0) is 9.80. The van der Waals surface area contributed by atoms with Crippen molar-refractivity contribution in [3.05, 3.63) is 18.5 Å². The minimum Gasteiger partial charge on any atom is -0.396 e. The van der Waals surface area contributed by atoms with Crippen molar-refractivity contribution in [2.75, 3.05) is 11.9 Å². The van der Waals surface area contributed by atoms with Crippen molar-refractivity contribution in [3.63, 3.8) is 0 Å². The van der Waals surface area contributed by atoms with Gasteiger partial charge in [0.05, 0.1) is 5.69 Å². The summed E-state index contributed by atoms with van der Waals surface area (Å²) in [6, 6.07) is 2.64. The molecule has 1 fully saturated rings. The molecule has 0 amide bonds. The van der Waals surface area contributed by atoms with Crippen molar-refractivity contribution in [3.8, 4) is 0 Å². The Labute approximate surface area is 84.5 Å². The van der Waals surface area contributed by atoms with Gasteiger partial charge in [0.15, 0.2) is 0 Å². The van der Waals surface area contributed by atoms with Gasteiger partial charge in [0, 0.05) is 25.0 Å². The van der Waals surface area contributed by atoms with Crippen LogP contribution in [0.25, 0.3) is 0 Å². The molecule has 1 aliphatic rings. The summed E-state index contributed by atoms with van der Waals surface area (Å²) in [5.41, 5.74) is 1.18. The summed E-state index contributed by atoms with van der Waals surface area (Å²) in [7, 11) is 0. The molecule has 0 saturated heterocycles. The first-order chi connectivity index (χ1) is 6.88. The van der Waals surface area contributed by atoms with Gasteiger partial charge in [0.1, 0.15) is 0 Å². The highest BCUT2D eigenvalue weighted by molar-refractivity contribution is 5.41. The number of hydrogen-bond acceptors (Lipinski definition) is 2. The minimum atomic E-state index is 0.358. The van der Waals surface area contributed by atoms with E-state index in [-0.39, 0.29) is 0 Å². The van der Waals surface area contributed by atoms with E-state index in [0.717, 1.165) is 12.8 Å². The topological polar surface area (TPSA) is 48.0 Å². The quantitative estimate of drug-likeness (QED) is 0.689. The van der Waals surface area contributed by atoms with E-state index in [0.29, 0.717) is 18.6 Å². The van der Waals surface area contributed by atoms with Crippen molar-refractivity contribution in [1.29, 1.82) is 0 Å². The molecule has 0 radical (unpaired) electrons. The monoisotopic (exact) mass is 194 g/mol. The number of hydrogen-bond donors (Lipinski definition) is 3. The highest BCUT2D eigenvalue weighted by Gasteiger charge is 2.20. The van der Waals surface area contributed by atoms with Crippen molar-refractivity contribution < 1.29 is 5.11 Å². The molecule has 2 rings (SSSR count). The van der Waals surface area contributed by atoms with Crippen LogP contribution in [-0.2, 0) is 0 Å². The minimum absolute atomic E-state index is 0.358. The van der Waals surface area contributed by atoms with E-state index in [9.17, 15) is 0 Å². The van der Waals surface area contributed by atoms with Gasteiger partial charge < -0.3 is 15.4 Å². The third-order valence-electron chi connectivity index (χ3n) is 3.07. The molecule has 0 bridgehead atoms. The van der Waals surface area contributed by atoms with Crippen molar-refractivity contribution in [1.82, 2.24) is 4.98 Å². The molecule has 0 spiro atoms. The largest absolute Gasteiger partial charge is 0.396 e. The number of aromatic amines is 1. The average molecular weight is 194 g/mol. The summed E-state index contributed by atoms with van der Waals surface area (Å²) in [4.78, 5) is 3.04. The normalized spacial score (nSPS) is 27.5. The van der Waals surface area contributed by atoms with E-state index >= 15 is 0 Å². The van der Waals surface area contributed by atoms with Gasteiger partial charge >= 0.3 is 0 Å². The Morgan fingerprint density at radius 1 is 1.36 bits per heavy atom. The van der Waals surface area contributed by atoms with E-state index in [2.05, 4.69) is 16.4 Å². The molecule has 3 nitrogen and oxygen atoms in total. The molecule has 3 heteroatoms. The van der Waals surface area contributed by atoms with Gasteiger partial charge in [-0.25, -0.2) is 0 Å². The van der Waals surface area contributed by atoms with Gasteiger partial charge in [-0.05, 0) is 37.7 Å². The number of nitrogens with one attached hydrogen (secondary N) is 2. The fourth-order valence-electron chi connectivity index (χ4n) is 2.14.